The number of aliphatic hydroxyl groups is 1. The second-order valence-electron chi connectivity index (χ2n) is 7.35. The van der Waals surface area contributed by atoms with Crippen molar-refractivity contribution in [2.75, 3.05) is 0 Å². The normalized spacial score (nSPS) is 18.2. The number of carbonyl (C=O) groups excluding carboxylic acids is 2. The second-order valence-corrected chi connectivity index (χ2v) is 8.38. The first-order chi connectivity index (χ1) is 15.0. The maximum absolute atomic E-state index is 13.1. The molecule has 0 spiro atoms. The van der Waals surface area contributed by atoms with Crippen LogP contribution in [0.15, 0.2) is 77.8 Å². The lowest BCUT2D eigenvalue weighted by atomic mass is 9.95. The molecule has 2 aromatic heterocycles. The van der Waals surface area contributed by atoms with Crippen molar-refractivity contribution in [3.05, 3.63) is 93.8 Å². The zero-order valence-corrected chi connectivity index (χ0v) is 17.1. The highest BCUT2D eigenvalue weighted by Crippen LogP contribution is 2.41. The van der Waals surface area contributed by atoms with Gasteiger partial charge in [-0.25, -0.2) is 0 Å². The van der Waals surface area contributed by atoms with Gasteiger partial charge >= 0.3 is 0 Å². The molecule has 3 heterocycles. The molecule has 4 aromatic rings. The number of phenols is 1. The van der Waals surface area contributed by atoms with Crippen LogP contribution in [0.2, 0.25) is 0 Å². The van der Waals surface area contributed by atoms with Crippen LogP contribution in [0.4, 0.5) is 0 Å². The summed E-state index contributed by atoms with van der Waals surface area (Å²) >= 11 is 1.49. The topological polar surface area (TPSA) is 93.6 Å². The van der Waals surface area contributed by atoms with E-state index in [1.54, 1.807) is 18.3 Å². The Kier molecular flexibility index (Phi) is 4.60. The van der Waals surface area contributed by atoms with Crippen LogP contribution in [0.25, 0.3) is 16.7 Å². The van der Waals surface area contributed by atoms with E-state index in [1.807, 2.05) is 41.8 Å². The predicted molar refractivity (Wildman–Crippen MR) is 119 cm³/mol. The molecular formula is C24H18N2O4S. The van der Waals surface area contributed by atoms with Gasteiger partial charge in [-0.1, -0.05) is 36.4 Å². The largest absolute Gasteiger partial charge is 0.508 e. The molecule has 0 aliphatic carbocycles. The number of hydrogen-bond donors (Lipinski definition) is 3. The predicted octanol–water partition coefficient (Wildman–Crippen LogP) is 4.56. The van der Waals surface area contributed by atoms with Gasteiger partial charge in [-0.15, -0.1) is 11.3 Å². The number of H-pyrrole nitrogens is 1. The Morgan fingerprint density at radius 1 is 1.03 bits per heavy atom. The Hall–Kier alpha value is -3.84. The summed E-state index contributed by atoms with van der Waals surface area (Å²) in [6.45, 7) is 0.248. The zero-order chi connectivity index (χ0) is 21.5. The van der Waals surface area contributed by atoms with Crippen LogP contribution in [0.5, 0.6) is 5.75 Å². The first-order valence-electron chi connectivity index (χ1n) is 9.71. The number of benzene rings is 2. The van der Waals surface area contributed by atoms with E-state index in [0.29, 0.717) is 11.1 Å². The molecule has 0 radical (unpaired) electrons. The average molecular weight is 430 g/mol. The number of aliphatic hydroxyl groups excluding tert-OH is 1. The number of aromatic hydroxyl groups is 1. The molecule has 1 fully saturated rings. The van der Waals surface area contributed by atoms with Crippen LogP contribution in [0, 0.1) is 0 Å². The number of aromatic amines is 1. The molecule has 1 amide bonds. The summed E-state index contributed by atoms with van der Waals surface area (Å²) in [6, 6.07) is 16.8. The molecule has 1 unspecified atom stereocenters. The second kappa shape index (κ2) is 7.45. The first-order valence-corrected chi connectivity index (χ1v) is 10.6. The standard InChI is InChI=1S/C24H18N2O4S/c27-15-9-7-14(8-10-15)21-20(22(28)18-12-25-19-6-2-1-5-17(18)19)23(29)24(30)26(21)13-16-4-3-11-31-16/h1-12,21,25,27-28H,13H2/b22-20-. The number of fused-ring (bicyclic) bond motifs is 1. The Bertz CT molecular complexity index is 1320. The smallest absolute Gasteiger partial charge is 0.295 e. The minimum absolute atomic E-state index is 0.0389. The number of nitrogens with zero attached hydrogens (tertiary/aromatic N) is 1. The van der Waals surface area contributed by atoms with E-state index in [-0.39, 0.29) is 23.6 Å². The van der Waals surface area contributed by atoms with Gasteiger partial charge in [0.05, 0.1) is 18.2 Å². The van der Waals surface area contributed by atoms with Crippen LogP contribution in [-0.4, -0.2) is 31.8 Å². The van der Waals surface area contributed by atoms with Gasteiger partial charge in [-0.3, -0.25) is 9.59 Å². The van der Waals surface area contributed by atoms with Gasteiger partial charge in [0, 0.05) is 27.5 Å². The van der Waals surface area contributed by atoms with Crippen molar-refractivity contribution in [2.24, 2.45) is 0 Å². The fourth-order valence-electron chi connectivity index (χ4n) is 4.03. The van der Waals surface area contributed by atoms with Crippen molar-refractivity contribution in [1.29, 1.82) is 0 Å². The summed E-state index contributed by atoms with van der Waals surface area (Å²) in [6.07, 6.45) is 1.64. The summed E-state index contributed by atoms with van der Waals surface area (Å²) in [5.74, 6) is -1.52. The lowest BCUT2D eigenvalue weighted by Crippen LogP contribution is -2.28. The van der Waals surface area contributed by atoms with Gasteiger partial charge in [0.15, 0.2) is 0 Å². The van der Waals surface area contributed by atoms with E-state index >= 15 is 0 Å². The summed E-state index contributed by atoms with van der Waals surface area (Å²) in [4.78, 5) is 31.6. The number of amides is 1. The van der Waals surface area contributed by atoms with Crippen LogP contribution in [0.1, 0.15) is 22.0 Å². The minimum atomic E-state index is -0.767. The van der Waals surface area contributed by atoms with Crippen LogP contribution < -0.4 is 0 Å². The number of likely N-dealkylation sites (tertiary alicyclic amines) is 1. The molecule has 2 aromatic carbocycles. The number of ketones is 1. The van der Waals surface area contributed by atoms with E-state index in [2.05, 4.69) is 4.98 Å². The molecule has 0 bridgehead atoms. The van der Waals surface area contributed by atoms with Crippen LogP contribution in [-0.2, 0) is 16.1 Å². The van der Waals surface area contributed by atoms with E-state index in [1.165, 1.54) is 28.4 Å². The highest BCUT2D eigenvalue weighted by Gasteiger charge is 2.46. The van der Waals surface area contributed by atoms with Gasteiger partial charge in [0.1, 0.15) is 11.5 Å². The molecule has 3 N–H and O–H groups in total. The number of rotatable bonds is 4. The van der Waals surface area contributed by atoms with Crippen molar-refractivity contribution in [1.82, 2.24) is 9.88 Å². The van der Waals surface area contributed by atoms with Gasteiger partial charge < -0.3 is 20.1 Å². The van der Waals surface area contributed by atoms with Gasteiger partial charge in [0.2, 0.25) is 0 Å². The van der Waals surface area contributed by atoms with E-state index in [0.717, 1.165) is 15.8 Å². The number of Topliss-reactive ketones (excluding diaryl/α,β-unsaturated/α-hetero) is 1. The Balaban J connectivity index is 1.69. The number of carbonyl (C=O) groups is 2. The molecule has 1 aliphatic rings. The Morgan fingerprint density at radius 3 is 2.55 bits per heavy atom. The number of phenolic OH excluding ortho intramolecular Hbond substituents is 1. The molecule has 0 saturated carbocycles. The van der Waals surface area contributed by atoms with Crippen molar-refractivity contribution in [2.45, 2.75) is 12.6 Å². The monoisotopic (exact) mass is 430 g/mol. The zero-order valence-electron chi connectivity index (χ0n) is 16.3. The van der Waals surface area contributed by atoms with E-state index in [4.69, 9.17) is 0 Å². The molecule has 1 saturated heterocycles. The van der Waals surface area contributed by atoms with E-state index in [9.17, 15) is 19.8 Å². The maximum Gasteiger partial charge on any atom is 0.295 e. The molecule has 31 heavy (non-hydrogen) atoms. The van der Waals surface area contributed by atoms with Crippen molar-refractivity contribution < 1.29 is 19.8 Å². The quantitative estimate of drug-likeness (QED) is 0.251. The van der Waals surface area contributed by atoms with Gasteiger partial charge in [-0.05, 0) is 35.2 Å². The summed E-state index contributed by atoms with van der Waals surface area (Å²) in [7, 11) is 0. The first kappa shape index (κ1) is 19.1. The number of aromatic nitrogens is 1. The third kappa shape index (κ3) is 3.19. The number of nitrogens with one attached hydrogen (secondary N) is 1. The van der Waals surface area contributed by atoms with E-state index < -0.39 is 17.7 Å². The van der Waals surface area contributed by atoms with Gasteiger partial charge in [-0.2, -0.15) is 0 Å². The molecular weight excluding hydrogens is 412 g/mol. The number of para-hydroxylation sites is 1. The molecule has 6 nitrogen and oxygen atoms in total. The highest BCUT2D eigenvalue weighted by molar-refractivity contribution is 7.09. The Labute approximate surface area is 181 Å². The fraction of sp³-hybridized carbons (Fsp3) is 0.0833. The van der Waals surface area contributed by atoms with Gasteiger partial charge in [0.25, 0.3) is 11.7 Å². The molecule has 5 rings (SSSR count). The summed E-state index contributed by atoms with van der Waals surface area (Å²) in [5.41, 5.74) is 1.96. The summed E-state index contributed by atoms with van der Waals surface area (Å²) < 4.78 is 0. The number of thiophene rings is 1. The van der Waals surface area contributed by atoms with Crippen molar-refractivity contribution in [3.8, 4) is 5.75 Å². The number of hydrogen-bond acceptors (Lipinski definition) is 5. The maximum atomic E-state index is 13.1. The summed E-state index contributed by atoms with van der Waals surface area (Å²) in [5, 5.41) is 23.6. The highest BCUT2D eigenvalue weighted by atomic mass is 32.1. The van der Waals surface area contributed by atoms with Crippen molar-refractivity contribution in [3.63, 3.8) is 0 Å². The fourth-order valence-corrected chi connectivity index (χ4v) is 4.73. The molecule has 154 valence electrons. The minimum Gasteiger partial charge on any atom is -0.508 e. The molecule has 1 aliphatic heterocycles. The van der Waals surface area contributed by atoms with Crippen LogP contribution in [0.3, 0.4) is 0 Å². The SMILES string of the molecule is O=C1C(=O)N(Cc2cccs2)C(c2ccc(O)cc2)/C1=C(/O)c1c[nH]c2ccccc12. The average Bonchev–Trinajstić information content (AvgIpc) is 3.50. The molecule has 1 atom stereocenters. The third-order valence-corrected chi connectivity index (χ3v) is 6.36. The third-order valence-electron chi connectivity index (χ3n) is 5.50. The lowest BCUT2D eigenvalue weighted by molar-refractivity contribution is -0.140. The molecule has 7 heteroatoms. The van der Waals surface area contributed by atoms with Crippen LogP contribution >= 0.6 is 11.3 Å². The Morgan fingerprint density at radius 2 is 1.81 bits per heavy atom. The lowest BCUT2D eigenvalue weighted by Gasteiger charge is -2.24. The van der Waals surface area contributed by atoms with Crippen molar-refractivity contribution >= 4 is 39.7 Å².